The standard InChI is InChI=1S/C37H49N3O4/c1-2-44-35(41)23-28(21-22-43-26-27-13-7-6-8-14-27)36-37(42)40(34-18-12-11-17-33(34)38-36)32-24-30-19-20-31(25-32)39(30)29-15-9-4-3-5-10-16-29/h6-8,11-14,17-18,28-32H,2-5,9-10,15-16,19-26H2,1H3/t28?,30-,31+,32?. The van der Waals surface area contributed by atoms with E-state index in [1.54, 1.807) is 0 Å². The molecule has 3 aliphatic rings. The molecule has 2 saturated heterocycles. The number of carbonyl (C=O) groups is 1. The van der Waals surface area contributed by atoms with E-state index in [0.717, 1.165) is 29.4 Å². The summed E-state index contributed by atoms with van der Waals surface area (Å²) in [4.78, 5) is 35.1. The Morgan fingerprint density at radius 1 is 0.864 bits per heavy atom. The number of aromatic nitrogens is 2. The predicted molar refractivity (Wildman–Crippen MR) is 174 cm³/mol. The van der Waals surface area contributed by atoms with Gasteiger partial charge in [-0.15, -0.1) is 0 Å². The summed E-state index contributed by atoms with van der Waals surface area (Å²) in [6.45, 7) is 3.05. The summed E-state index contributed by atoms with van der Waals surface area (Å²) in [5.74, 6) is -0.674. The largest absolute Gasteiger partial charge is 0.466 e. The van der Waals surface area contributed by atoms with Gasteiger partial charge in [0.05, 0.1) is 30.7 Å². The molecule has 0 amide bonds. The van der Waals surface area contributed by atoms with Crippen molar-refractivity contribution in [2.75, 3.05) is 13.2 Å². The van der Waals surface area contributed by atoms with Crippen LogP contribution in [0.25, 0.3) is 11.0 Å². The number of hydrogen-bond donors (Lipinski definition) is 0. The van der Waals surface area contributed by atoms with Crippen LogP contribution in [0, 0.1) is 0 Å². The first kappa shape index (κ1) is 31.0. The highest BCUT2D eigenvalue weighted by Gasteiger charge is 2.44. The Labute approximate surface area is 262 Å². The SMILES string of the molecule is CCOC(=O)CC(CCOCc1ccccc1)c1nc2ccccc2n(C2C[C@H]3CC[C@@H](C2)N3C2CCCCCCC2)c1=O. The number of carbonyl (C=O) groups excluding carboxylic acids is 1. The summed E-state index contributed by atoms with van der Waals surface area (Å²) in [5.41, 5.74) is 3.23. The van der Waals surface area contributed by atoms with Crippen molar-refractivity contribution in [1.29, 1.82) is 0 Å². The number of piperidine rings is 1. The first-order valence-electron chi connectivity index (χ1n) is 17.2. The minimum absolute atomic E-state index is 0.0511. The van der Waals surface area contributed by atoms with Crippen molar-refractivity contribution >= 4 is 17.0 Å². The number of fused-ring (bicyclic) bond motifs is 3. The molecule has 2 bridgehead atoms. The molecule has 2 aliphatic heterocycles. The lowest BCUT2D eigenvalue weighted by molar-refractivity contribution is -0.143. The summed E-state index contributed by atoms with van der Waals surface area (Å²) in [7, 11) is 0. The predicted octanol–water partition coefficient (Wildman–Crippen LogP) is 7.32. The Hall–Kier alpha value is -3.03. The Morgan fingerprint density at radius 3 is 2.27 bits per heavy atom. The molecule has 0 radical (unpaired) electrons. The Morgan fingerprint density at radius 2 is 1.55 bits per heavy atom. The lowest BCUT2D eigenvalue weighted by atomic mass is 9.89. The highest BCUT2D eigenvalue weighted by Crippen LogP contribution is 2.44. The molecule has 0 spiro atoms. The smallest absolute Gasteiger partial charge is 0.306 e. The number of hydrogen-bond acceptors (Lipinski definition) is 6. The zero-order chi connectivity index (χ0) is 30.3. The highest BCUT2D eigenvalue weighted by atomic mass is 16.5. The van der Waals surface area contributed by atoms with Crippen molar-refractivity contribution in [3.05, 3.63) is 76.2 Å². The van der Waals surface area contributed by atoms with Crippen LogP contribution in [0.2, 0.25) is 0 Å². The normalized spacial score (nSPS) is 23.7. The van der Waals surface area contributed by atoms with Crippen LogP contribution in [0.3, 0.4) is 0 Å². The molecule has 1 aromatic heterocycles. The van der Waals surface area contributed by atoms with Gasteiger partial charge in [0.1, 0.15) is 5.69 Å². The maximum atomic E-state index is 14.5. The van der Waals surface area contributed by atoms with Gasteiger partial charge in [0.2, 0.25) is 0 Å². The van der Waals surface area contributed by atoms with E-state index in [-0.39, 0.29) is 29.9 Å². The molecule has 0 N–H and O–H groups in total. The molecule has 7 heteroatoms. The van der Waals surface area contributed by atoms with Crippen LogP contribution in [0.4, 0.5) is 0 Å². The molecule has 3 aromatic rings. The van der Waals surface area contributed by atoms with Crippen LogP contribution in [0.5, 0.6) is 0 Å². The van der Waals surface area contributed by atoms with Crippen molar-refractivity contribution in [3.8, 4) is 0 Å². The molecule has 4 atom stereocenters. The van der Waals surface area contributed by atoms with E-state index >= 15 is 0 Å². The van der Waals surface area contributed by atoms with Crippen molar-refractivity contribution in [2.45, 2.75) is 127 Å². The molecular weight excluding hydrogens is 550 g/mol. The number of rotatable bonds is 11. The summed E-state index contributed by atoms with van der Waals surface area (Å²) < 4.78 is 13.4. The van der Waals surface area contributed by atoms with Gasteiger partial charge in [0.25, 0.3) is 5.56 Å². The third-order valence-corrected chi connectivity index (χ3v) is 10.3. The number of benzene rings is 2. The Bertz CT molecular complexity index is 1420. The lowest BCUT2D eigenvalue weighted by Gasteiger charge is -2.45. The molecule has 2 unspecified atom stereocenters. The minimum Gasteiger partial charge on any atom is -0.466 e. The fraction of sp³-hybridized carbons (Fsp3) is 0.595. The van der Waals surface area contributed by atoms with Crippen LogP contribution < -0.4 is 5.56 Å². The van der Waals surface area contributed by atoms with Crippen LogP contribution >= 0.6 is 0 Å². The zero-order valence-corrected chi connectivity index (χ0v) is 26.4. The van der Waals surface area contributed by atoms with Crippen LogP contribution in [0.1, 0.15) is 114 Å². The van der Waals surface area contributed by atoms with Crippen molar-refractivity contribution in [3.63, 3.8) is 0 Å². The lowest BCUT2D eigenvalue weighted by Crippen LogP contribution is -2.50. The fourth-order valence-corrected chi connectivity index (χ4v) is 8.27. The summed E-state index contributed by atoms with van der Waals surface area (Å²) >= 11 is 0. The average molecular weight is 600 g/mol. The number of para-hydroxylation sites is 2. The maximum absolute atomic E-state index is 14.5. The second-order valence-corrected chi connectivity index (χ2v) is 13.2. The first-order chi connectivity index (χ1) is 21.6. The second-order valence-electron chi connectivity index (χ2n) is 13.2. The molecule has 7 nitrogen and oxygen atoms in total. The summed E-state index contributed by atoms with van der Waals surface area (Å²) in [6, 6.07) is 20.0. The van der Waals surface area contributed by atoms with Gasteiger partial charge in [-0.2, -0.15) is 0 Å². The Balaban J connectivity index is 1.27. The van der Waals surface area contributed by atoms with Gasteiger partial charge >= 0.3 is 5.97 Å². The van der Waals surface area contributed by atoms with E-state index in [9.17, 15) is 9.59 Å². The maximum Gasteiger partial charge on any atom is 0.306 e. The van der Waals surface area contributed by atoms with E-state index in [1.165, 1.54) is 57.8 Å². The molecule has 1 aliphatic carbocycles. The fourth-order valence-electron chi connectivity index (χ4n) is 8.27. The van der Waals surface area contributed by atoms with Crippen molar-refractivity contribution < 1.29 is 14.3 Å². The molecular formula is C37H49N3O4. The van der Waals surface area contributed by atoms with Crippen LogP contribution in [-0.4, -0.2) is 51.8 Å². The van der Waals surface area contributed by atoms with E-state index < -0.39 is 0 Å². The molecule has 236 valence electrons. The molecule has 3 fully saturated rings. The Kier molecular flexibility index (Phi) is 10.4. The third-order valence-electron chi connectivity index (χ3n) is 10.3. The van der Waals surface area contributed by atoms with E-state index in [0.29, 0.717) is 50.1 Å². The monoisotopic (exact) mass is 599 g/mol. The van der Waals surface area contributed by atoms with Gasteiger partial charge in [0.15, 0.2) is 0 Å². The average Bonchev–Trinajstić information content (AvgIpc) is 3.27. The number of ether oxygens (including phenoxy) is 2. The third kappa shape index (κ3) is 7.10. The van der Waals surface area contributed by atoms with Crippen LogP contribution in [0.15, 0.2) is 59.4 Å². The molecule has 3 heterocycles. The van der Waals surface area contributed by atoms with Gasteiger partial charge in [-0.1, -0.05) is 74.6 Å². The second kappa shape index (κ2) is 14.8. The highest BCUT2D eigenvalue weighted by molar-refractivity contribution is 5.75. The van der Waals surface area contributed by atoms with E-state index in [4.69, 9.17) is 14.5 Å². The van der Waals surface area contributed by atoms with Crippen LogP contribution in [-0.2, 0) is 20.9 Å². The van der Waals surface area contributed by atoms with Gasteiger partial charge < -0.3 is 14.0 Å². The number of esters is 1. The van der Waals surface area contributed by atoms with Gasteiger partial charge in [-0.25, -0.2) is 4.98 Å². The van der Waals surface area contributed by atoms with Gasteiger partial charge in [-0.3, -0.25) is 14.5 Å². The van der Waals surface area contributed by atoms with Gasteiger partial charge in [-0.05, 0) is 69.6 Å². The summed E-state index contributed by atoms with van der Waals surface area (Å²) in [5, 5.41) is 0. The topological polar surface area (TPSA) is 73.7 Å². The summed E-state index contributed by atoms with van der Waals surface area (Å²) in [6.07, 6.45) is 14.6. The molecule has 1 saturated carbocycles. The van der Waals surface area contributed by atoms with Crippen molar-refractivity contribution in [2.24, 2.45) is 0 Å². The van der Waals surface area contributed by atoms with Gasteiger partial charge in [0, 0.05) is 36.7 Å². The quantitative estimate of drug-likeness (QED) is 0.170. The van der Waals surface area contributed by atoms with Crippen molar-refractivity contribution in [1.82, 2.24) is 14.5 Å². The van der Waals surface area contributed by atoms with E-state index in [2.05, 4.69) is 9.47 Å². The zero-order valence-electron chi connectivity index (χ0n) is 26.4. The van der Waals surface area contributed by atoms with E-state index in [1.807, 2.05) is 61.5 Å². The first-order valence-corrected chi connectivity index (χ1v) is 17.2. The molecule has 2 aromatic carbocycles. The number of nitrogens with zero attached hydrogens (tertiary/aromatic N) is 3. The molecule has 6 rings (SSSR count). The minimum atomic E-state index is -0.375. The molecule has 44 heavy (non-hydrogen) atoms.